The Balaban J connectivity index is 1.98. The van der Waals surface area contributed by atoms with Crippen molar-refractivity contribution in [3.05, 3.63) is 65.9 Å². The van der Waals surface area contributed by atoms with Crippen LogP contribution in [0.3, 0.4) is 0 Å². The Hall–Kier alpha value is -2.27. The summed E-state index contributed by atoms with van der Waals surface area (Å²) in [5, 5.41) is 1.06. The highest BCUT2D eigenvalue weighted by Crippen LogP contribution is 2.19. The zero-order valence-corrected chi connectivity index (χ0v) is 11.4. The molecule has 0 bridgehead atoms. The minimum atomic E-state index is -0.324. The Morgan fingerprint density at radius 2 is 2.10 bits per heavy atom. The van der Waals surface area contributed by atoms with Gasteiger partial charge in [-0.05, 0) is 35.9 Å². The van der Waals surface area contributed by atoms with E-state index in [1.807, 2.05) is 35.0 Å². The molecule has 3 nitrogen and oxygen atoms in total. The number of benzene rings is 1. The van der Waals surface area contributed by atoms with E-state index in [4.69, 9.17) is 18.0 Å². The molecule has 0 radical (unpaired) electrons. The number of nitrogens with two attached hydrogens (primary N) is 1. The number of hydrogen-bond acceptors (Lipinski definition) is 2. The van der Waals surface area contributed by atoms with Crippen molar-refractivity contribution in [1.82, 2.24) is 9.55 Å². The summed E-state index contributed by atoms with van der Waals surface area (Å²) < 4.78 is 15.2. The monoisotopic (exact) mass is 285 g/mol. The Bertz CT molecular complexity index is 795. The van der Waals surface area contributed by atoms with Crippen LogP contribution in [0.25, 0.3) is 10.9 Å². The lowest BCUT2D eigenvalue weighted by atomic mass is 10.1. The Kier molecular flexibility index (Phi) is 3.20. The number of fused-ring (bicyclic) bond motifs is 1. The molecule has 3 rings (SSSR count). The van der Waals surface area contributed by atoms with Crippen LogP contribution in [0.5, 0.6) is 0 Å². The first-order chi connectivity index (χ1) is 9.63. The lowest BCUT2D eigenvalue weighted by Gasteiger charge is -2.06. The number of rotatable bonds is 3. The average molecular weight is 285 g/mol. The molecule has 2 aromatic heterocycles. The third-order valence-corrected chi connectivity index (χ3v) is 3.41. The molecular formula is C15H12FN3S. The number of aromatic nitrogens is 2. The van der Waals surface area contributed by atoms with E-state index in [1.54, 1.807) is 6.20 Å². The van der Waals surface area contributed by atoms with Gasteiger partial charge in [0.1, 0.15) is 10.8 Å². The summed E-state index contributed by atoms with van der Waals surface area (Å²) >= 11 is 4.97. The molecule has 2 N–H and O–H groups in total. The Labute approximate surface area is 120 Å². The molecule has 0 aliphatic carbocycles. The van der Waals surface area contributed by atoms with E-state index in [9.17, 15) is 4.39 Å². The summed E-state index contributed by atoms with van der Waals surface area (Å²) in [4.78, 5) is 4.24. The first-order valence-electron chi connectivity index (χ1n) is 6.11. The predicted octanol–water partition coefficient (Wildman–Crippen LogP) is 2.86. The molecule has 0 unspecified atom stereocenters. The van der Waals surface area contributed by atoms with Crippen molar-refractivity contribution >= 4 is 28.1 Å². The predicted molar refractivity (Wildman–Crippen MR) is 81.1 cm³/mol. The van der Waals surface area contributed by atoms with Gasteiger partial charge in [0.15, 0.2) is 0 Å². The number of halogens is 1. The molecule has 2 heterocycles. The van der Waals surface area contributed by atoms with Gasteiger partial charge in [0.05, 0.1) is 6.20 Å². The third kappa shape index (κ3) is 2.40. The second kappa shape index (κ2) is 5.02. The number of nitrogens with zero attached hydrogens (tertiary/aromatic N) is 2. The summed E-state index contributed by atoms with van der Waals surface area (Å²) in [6.45, 7) is 0.570. The first-order valence-corrected chi connectivity index (χ1v) is 6.52. The Morgan fingerprint density at radius 3 is 2.85 bits per heavy atom. The van der Waals surface area contributed by atoms with E-state index in [2.05, 4.69) is 4.98 Å². The first kappa shape index (κ1) is 12.7. The lowest BCUT2D eigenvalue weighted by Crippen LogP contribution is -2.08. The van der Waals surface area contributed by atoms with E-state index in [0.29, 0.717) is 11.5 Å². The molecular weight excluding hydrogens is 273 g/mol. The molecule has 0 fully saturated rings. The van der Waals surface area contributed by atoms with Crippen LogP contribution in [-0.2, 0) is 6.54 Å². The highest BCUT2D eigenvalue weighted by atomic mass is 32.1. The van der Waals surface area contributed by atoms with Gasteiger partial charge in [-0.25, -0.2) is 4.39 Å². The molecule has 0 aliphatic rings. The molecule has 0 spiro atoms. The summed E-state index contributed by atoms with van der Waals surface area (Å²) in [5.41, 5.74) is 8.34. The molecule has 1 aromatic carbocycles. The molecule has 0 saturated heterocycles. The average Bonchev–Trinajstić information content (AvgIpc) is 2.81. The van der Waals surface area contributed by atoms with Crippen LogP contribution < -0.4 is 5.73 Å². The number of pyridine rings is 1. The van der Waals surface area contributed by atoms with E-state index < -0.39 is 0 Å². The van der Waals surface area contributed by atoms with Gasteiger partial charge in [0, 0.05) is 35.4 Å². The van der Waals surface area contributed by atoms with Gasteiger partial charge in [0.2, 0.25) is 0 Å². The van der Waals surface area contributed by atoms with E-state index in [1.165, 1.54) is 12.3 Å². The van der Waals surface area contributed by atoms with Crippen molar-refractivity contribution in [3.8, 4) is 0 Å². The Morgan fingerprint density at radius 1 is 1.25 bits per heavy atom. The maximum atomic E-state index is 13.2. The summed E-state index contributed by atoms with van der Waals surface area (Å²) in [6.07, 6.45) is 4.82. The lowest BCUT2D eigenvalue weighted by molar-refractivity contribution is 0.617. The number of thiocarbonyl (C=S) groups is 1. The largest absolute Gasteiger partial charge is 0.389 e. The van der Waals surface area contributed by atoms with Crippen LogP contribution in [0.4, 0.5) is 4.39 Å². The van der Waals surface area contributed by atoms with Gasteiger partial charge in [-0.3, -0.25) is 4.98 Å². The molecule has 20 heavy (non-hydrogen) atoms. The molecule has 3 aromatic rings. The van der Waals surface area contributed by atoms with Crippen LogP contribution >= 0.6 is 12.2 Å². The minimum absolute atomic E-state index is 0.324. The fourth-order valence-electron chi connectivity index (χ4n) is 2.23. The van der Waals surface area contributed by atoms with Crippen LogP contribution in [-0.4, -0.2) is 14.5 Å². The summed E-state index contributed by atoms with van der Waals surface area (Å²) in [7, 11) is 0. The fraction of sp³-hybridized carbons (Fsp3) is 0.0667. The second-order valence-corrected chi connectivity index (χ2v) is 5.03. The smallest absolute Gasteiger partial charge is 0.141 e. The molecule has 0 amide bonds. The standard InChI is InChI=1S/C15H12FN3S/c16-13-5-10(7-18-8-13)9-19-4-3-11-6-12(15(17)20)1-2-14(11)19/h1-8H,9H2,(H2,17,20). The van der Waals surface area contributed by atoms with Crippen molar-refractivity contribution in [2.75, 3.05) is 0 Å². The van der Waals surface area contributed by atoms with Gasteiger partial charge in [0.25, 0.3) is 0 Å². The van der Waals surface area contributed by atoms with Crippen molar-refractivity contribution in [2.24, 2.45) is 5.73 Å². The normalized spacial score (nSPS) is 10.8. The maximum Gasteiger partial charge on any atom is 0.141 e. The van der Waals surface area contributed by atoms with Gasteiger partial charge >= 0.3 is 0 Å². The van der Waals surface area contributed by atoms with Crippen LogP contribution in [0, 0.1) is 5.82 Å². The molecule has 5 heteroatoms. The van der Waals surface area contributed by atoms with Crippen LogP contribution in [0.1, 0.15) is 11.1 Å². The topological polar surface area (TPSA) is 43.8 Å². The van der Waals surface area contributed by atoms with Crippen LogP contribution in [0.2, 0.25) is 0 Å². The van der Waals surface area contributed by atoms with Crippen molar-refractivity contribution in [1.29, 1.82) is 0 Å². The molecule has 0 atom stereocenters. The zero-order chi connectivity index (χ0) is 14.1. The molecule has 100 valence electrons. The maximum absolute atomic E-state index is 13.2. The molecule has 0 saturated carbocycles. The van der Waals surface area contributed by atoms with Gasteiger partial charge in [-0.15, -0.1) is 0 Å². The van der Waals surface area contributed by atoms with Gasteiger partial charge < -0.3 is 10.3 Å². The fourth-order valence-corrected chi connectivity index (χ4v) is 2.36. The number of hydrogen-bond donors (Lipinski definition) is 1. The quantitative estimate of drug-likeness (QED) is 0.753. The highest BCUT2D eigenvalue weighted by molar-refractivity contribution is 7.80. The van der Waals surface area contributed by atoms with E-state index in [0.717, 1.165) is 22.0 Å². The minimum Gasteiger partial charge on any atom is -0.389 e. The third-order valence-electron chi connectivity index (χ3n) is 3.17. The van der Waals surface area contributed by atoms with Gasteiger partial charge in [-0.2, -0.15) is 0 Å². The molecule has 0 aliphatic heterocycles. The van der Waals surface area contributed by atoms with Crippen LogP contribution in [0.15, 0.2) is 48.9 Å². The second-order valence-electron chi connectivity index (χ2n) is 4.59. The van der Waals surface area contributed by atoms with Crippen molar-refractivity contribution < 1.29 is 4.39 Å². The van der Waals surface area contributed by atoms with Crippen molar-refractivity contribution in [2.45, 2.75) is 6.54 Å². The van der Waals surface area contributed by atoms with Gasteiger partial charge in [-0.1, -0.05) is 12.2 Å². The zero-order valence-electron chi connectivity index (χ0n) is 10.6. The summed E-state index contributed by atoms with van der Waals surface area (Å²) in [6, 6.07) is 9.30. The van der Waals surface area contributed by atoms with E-state index >= 15 is 0 Å². The SMILES string of the molecule is NC(=S)c1ccc2c(ccn2Cc2cncc(F)c2)c1. The van der Waals surface area contributed by atoms with Crippen molar-refractivity contribution in [3.63, 3.8) is 0 Å². The summed E-state index contributed by atoms with van der Waals surface area (Å²) in [5.74, 6) is -0.324. The van der Waals surface area contributed by atoms with E-state index in [-0.39, 0.29) is 5.82 Å². The highest BCUT2D eigenvalue weighted by Gasteiger charge is 2.05.